The Kier molecular flexibility index (Phi) is 2.21. The van der Waals surface area contributed by atoms with Crippen LogP contribution < -0.4 is 10.6 Å². The fourth-order valence-electron chi connectivity index (χ4n) is 2.85. The van der Waals surface area contributed by atoms with Crippen LogP contribution in [-0.2, 0) is 6.42 Å². The fourth-order valence-corrected chi connectivity index (χ4v) is 2.85. The summed E-state index contributed by atoms with van der Waals surface area (Å²) in [4.78, 5) is 2.47. The van der Waals surface area contributed by atoms with Crippen LogP contribution >= 0.6 is 0 Å². The van der Waals surface area contributed by atoms with E-state index < -0.39 is 0 Å². The van der Waals surface area contributed by atoms with E-state index in [-0.39, 0.29) is 5.54 Å². The van der Waals surface area contributed by atoms with Gasteiger partial charge in [-0.2, -0.15) is 0 Å². The molecule has 0 saturated heterocycles. The van der Waals surface area contributed by atoms with Crippen molar-refractivity contribution in [2.24, 2.45) is 11.7 Å². The molecule has 0 spiro atoms. The average molecular weight is 216 g/mol. The van der Waals surface area contributed by atoms with E-state index in [1.54, 1.807) is 0 Å². The van der Waals surface area contributed by atoms with Crippen LogP contribution in [0.1, 0.15) is 25.3 Å². The molecule has 3 rings (SSSR count). The van der Waals surface area contributed by atoms with Gasteiger partial charge in [0.05, 0.1) is 0 Å². The molecule has 86 valence electrons. The predicted octanol–water partition coefficient (Wildman–Crippen LogP) is 2.18. The molecule has 1 saturated carbocycles. The molecular weight excluding hydrogens is 196 g/mol. The molecule has 1 heterocycles. The van der Waals surface area contributed by atoms with Gasteiger partial charge in [-0.15, -0.1) is 0 Å². The first-order valence-electron chi connectivity index (χ1n) is 6.28. The standard InChI is InChI=1S/C14H20N2/c1-14(15,12-6-7-12)10-16-9-8-11-4-2-3-5-13(11)16/h2-5,12H,6-10,15H2,1H3. The number of rotatable bonds is 3. The maximum Gasteiger partial charge on any atom is 0.0400 e. The molecule has 16 heavy (non-hydrogen) atoms. The van der Waals surface area contributed by atoms with Crippen LogP contribution in [0, 0.1) is 5.92 Å². The highest BCUT2D eigenvalue weighted by Crippen LogP contribution is 2.40. The van der Waals surface area contributed by atoms with Gasteiger partial charge >= 0.3 is 0 Å². The van der Waals surface area contributed by atoms with E-state index in [4.69, 9.17) is 5.73 Å². The third-order valence-corrected chi connectivity index (χ3v) is 4.02. The summed E-state index contributed by atoms with van der Waals surface area (Å²) in [5.74, 6) is 0.750. The van der Waals surface area contributed by atoms with E-state index in [1.165, 1.54) is 30.5 Å². The molecule has 0 amide bonds. The summed E-state index contributed by atoms with van der Waals surface area (Å²) in [5.41, 5.74) is 9.30. The molecule has 0 bridgehead atoms. The fraction of sp³-hybridized carbons (Fsp3) is 0.571. The summed E-state index contributed by atoms with van der Waals surface area (Å²) >= 11 is 0. The Balaban J connectivity index is 1.78. The number of hydrogen-bond acceptors (Lipinski definition) is 2. The number of benzene rings is 1. The Morgan fingerprint density at radius 2 is 2.12 bits per heavy atom. The number of anilines is 1. The van der Waals surface area contributed by atoms with E-state index in [0.29, 0.717) is 0 Å². The van der Waals surface area contributed by atoms with Crippen molar-refractivity contribution in [2.45, 2.75) is 31.7 Å². The minimum Gasteiger partial charge on any atom is -0.369 e. The molecule has 0 aromatic heterocycles. The molecule has 1 unspecified atom stereocenters. The minimum atomic E-state index is -0.00253. The molecular formula is C14H20N2. The number of nitrogens with zero attached hydrogens (tertiary/aromatic N) is 1. The van der Waals surface area contributed by atoms with Crippen molar-refractivity contribution >= 4 is 5.69 Å². The lowest BCUT2D eigenvalue weighted by atomic mass is 9.96. The van der Waals surface area contributed by atoms with Crippen LogP contribution in [0.5, 0.6) is 0 Å². The van der Waals surface area contributed by atoms with Crippen molar-refractivity contribution in [3.8, 4) is 0 Å². The van der Waals surface area contributed by atoms with Crippen molar-refractivity contribution in [3.05, 3.63) is 29.8 Å². The molecule has 1 aromatic rings. The van der Waals surface area contributed by atoms with E-state index in [2.05, 4.69) is 36.1 Å². The third kappa shape index (κ3) is 1.71. The molecule has 1 aliphatic heterocycles. The highest BCUT2D eigenvalue weighted by molar-refractivity contribution is 5.58. The average Bonchev–Trinajstić information content (AvgIpc) is 3.04. The van der Waals surface area contributed by atoms with Gasteiger partial charge in [0.15, 0.2) is 0 Å². The Labute approximate surface area is 97.4 Å². The maximum absolute atomic E-state index is 6.42. The number of para-hydroxylation sites is 1. The van der Waals surface area contributed by atoms with E-state index in [1.807, 2.05) is 0 Å². The second kappa shape index (κ2) is 3.49. The molecule has 2 N–H and O–H groups in total. The van der Waals surface area contributed by atoms with E-state index in [0.717, 1.165) is 19.0 Å². The van der Waals surface area contributed by atoms with E-state index in [9.17, 15) is 0 Å². The van der Waals surface area contributed by atoms with Gasteiger partial charge in [-0.3, -0.25) is 0 Å². The summed E-state index contributed by atoms with van der Waals surface area (Å²) in [6.07, 6.45) is 3.82. The number of nitrogens with two attached hydrogens (primary N) is 1. The van der Waals surface area contributed by atoms with Gasteiger partial charge in [0.25, 0.3) is 0 Å². The van der Waals surface area contributed by atoms with Gasteiger partial charge in [-0.05, 0) is 43.7 Å². The highest BCUT2D eigenvalue weighted by atomic mass is 15.2. The zero-order valence-electron chi connectivity index (χ0n) is 9.95. The van der Waals surface area contributed by atoms with Crippen LogP contribution in [0.2, 0.25) is 0 Å². The van der Waals surface area contributed by atoms with Gasteiger partial charge in [0.2, 0.25) is 0 Å². The monoisotopic (exact) mass is 216 g/mol. The zero-order valence-corrected chi connectivity index (χ0v) is 9.95. The quantitative estimate of drug-likeness (QED) is 0.839. The lowest BCUT2D eigenvalue weighted by molar-refractivity contribution is 0.408. The minimum absolute atomic E-state index is 0.00253. The van der Waals surface area contributed by atoms with Crippen LogP contribution in [0.15, 0.2) is 24.3 Å². The van der Waals surface area contributed by atoms with Crippen LogP contribution in [-0.4, -0.2) is 18.6 Å². The molecule has 2 aliphatic rings. The largest absolute Gasteiger partial charge is 0.369 e. The summed E-state index contributed by atoms with van der Waals surface area (Å²) in [7, 11) is 0. The summed E-state index contributed by atoms with van der Waals surface area (Å²) in [6, 6.07) is 8.72. The highest BCUT2D eigenvalue weighted by Gasteiger charge is 2.40. The molecule has 2 nitrogen and oxygen atoms in total. The second-order valence-electron chi connectivity index (χ2n) is 5.58. The Bertz CT molecular complexity index is 393. The Hall–Kier alpha value is -1.02. The first-order chi connectivity index (χ1) is 7.67. The normalized spacial score (nSPS) is 23.0. The molecule has 1 fully saturated rings. The summed E-state index contributed by atoms with van der Waals surface area (Å²) in [5, 5.41) is 0. The maximum atomic E-state index is 6.42. The smallest absolute Gasteiger partial charge is 0.0400 e. The number of hydrogen-bond donors (Lipinski definition) is 1. The molecule has 2 heteroatoms. The lowest BCUT2D eigenvalue weighted by Crippen LogP contribution is -2.49. The molecule has 0 radical (unpaired) electrons. The Morgan fingerprint density at radius 1 is 1.38 bits per heavy atom. The van der Waals surface area contributed by atoms with Gasteiger partial charge in [-0.1, -0.05) is 18.2 Å². The number of fused-ring (bicyclic) bond motifs is 1. The van der Waals surface area contributed by atoms with Gasteiger partial charge in [0, 0.05) is 24.3 Å². The van der Waals surface area contributed by atoms with Gasteiger partial charge < -0.3 is 10.6 Å². The summed E-state index contributed by atoms with van der Waals surface area (Å²) in [6.45, 7) is 4.36. The van der Waals surface area contributed by atoms with Crippen LogP contribution in [0.25, 0.3) is 0 Å². The van der Waals surface area contributed by atoms with Gasteiger partial charge in [0.1, 0.15) is 0 Å². The Morgan fingerprint density at radius 3 is 2.88 bits per heavy atom. The van der Waals surface area contributed by atoms with Crippen molar-refractivity contribution in [2.75, 3.05) is 18.0 Å². The molecule has 1 atom stereocenters. The second-order valence-corrected chi connectivity index (χ2v) is 5.58. The van der Waals surface area contributed by atoms with E-state index >= 15 is 0 Å². The summed E-state index contributed by atoms with van der Waals surface area (Å²) < 4.78 is 0. The van der Waals surface area contributed by atoms with Crippen molar-refractivity contribution in [1.82, 2.24) is 0 Å². The molecule has 1 aliphatic carbocycles. The SMILES string of the molecule is CC(N)(CN1CCc2ccccc21)C1CC1. The van der Waals surface area contributed by atoms with Crippen LogP contribution in [0.4, 0.5) is 5.69 Å². The van der Waals surface area contributed by atoms with Crippen molar-refractivity contribution in [1.29, 1.82) is 0 Å². The topological polar surface area (TPSA) is 29.3 Å². The van der Waals surface area contributed by atoms with Gasteiger partial charge in [-0.25, -0.2) is 0 Å². The first kappa shape index (κ1) is 10.2. The van der Waals surface area contributed by atoms with Crippen molar-refractivity contribution < 1.29 is 0 Å². The predicted molar refractivity (Wildman–Crippen MR) is 67.7 cm³/mol. The zero-order chi connectivity index (χ0) is 11.2. The third-order valence-electron chi connectivity index (χ3n) is 4.02. The first-order valence-corrected chi connectivity index (χ1v) is 6.28. The molecule has 1 aromatic carbocycles. The van der Waals surface area contributed by atoms with Crippen LogP contribution in [0.3, 0.4) is 0 Å². The lowest BCUT2D eigenvalue weighted by Gasteiger charge is -2.31. The van der Waals surface area contributed by atoms with Crippen molar-refractivity contribution in [3.63, 3.8) is 0 Å².